The lowest BCUT2D eigenvalue weighted by atomic mass is 9.96. The van der Waals surface area contributed by atoms with Crippen molar-refractivity contribution in [2.24, 2.45) is 0 Å². The third-order valence-electron chi connectivity index (χ3n) is 3.34. The molecule has 1 N–H and O–H groups in total. The van der Waals surface area contributed by atoms with Crippen LogP contribution in [-0.2, 0) is 28.2 Å². The Labute approximate surface area is 133 Å². The quantitative estimate of drug-likeness (QED) is 0.692. The van der Waals surface area contributed by atoms with E-state index in [2.05, 4.69) is 25.0 Å². The Balaban J connectivity index is 3.10. The molecule has 0 unspecified atom stereocenters. The first-order valence-electron chi connectivity index (χ1n) is 7.38. The summed E-state index contributed by atoms with van der Waals surface area (Å²) >= 11 is 0. The number of carbonyl (C=O) groups excluding carboxylic acids is 1. The first-order chi connectivity index (χ1) is 10.2. The fourth-order valence-electron chi connectivity index (χ4n) is 2.63. The Morgan fingerprint density at radius 1 is 1.14 bits per heavy atom. The van der Waals surface area contributed by atoms with Gasteiger partial charge in [-0.3, -0.25) is 4.79 Å². The minimum Gasteiger partial charge on any atom is -0.410 e. The maximum atomic E-state index is 11.6. The number of hydrogen-bond acceptors (Lipinski definition) is 6. The Hall–Kier alpha value is -0.513. The number of methoxy groups -OCH3 is 3. The van der Waals surface area contributed by atoms with Crippen molar-refractivity contribution in [3.63, 3.8) is 0 Å². The van der Waals surface area contributed by atoms with E-state index in [9.17, 15) is 4.79 Å². The SMILES string of the molecule is COC[C@H]1O[C@H](OC)[C@H](NC(C)=O)[C@@H](O[Si](C)(C)C)[C@H]1OC. The molecule has 0 aliphatic carbocycles. The second-order valence-corrected chi connectivity index (χ2v) is 10.8. The van der Waals surface area contributed by atoms with E-state index in [0.29, 0.717) is 6.61 Å². The molecular weight excluding hydrogens is 306 g/mol. The van der Waals surface area contributed by atoms with Crippen molar-refractivity contribution in [3.05, 3.63) is 0 Å². The van der Waals surface area contributed by atoms with Crippen LogP contribution in [0.15, 0.2) is 0 Å². The monoisotopic (exact) mass is 335 g/mol. The lowest BCUT2D eigenvalue weighted by Crippen LogP contribution is -2.67. The zero-order chi connectivity index (χ0) is 16.9. The van der Waals surface area contributed by atoms with E-state index in [4.69, 9.17) is 23.4 Å². The lowest BCUT2D eigenvalue weighted by Gasteiger charge is -2.47. The molecular formula is C14H29NO6Si. The van der Waals surface area contributed by atoms with Crippen molar-refractivity contribution in [2.75, 3.05) is 27.9 Å². The second-order valence-electron chi connectivity index (χ2n) is 6.36. The third kappa shape index (κ3) is 5.29. The van der Waals surface area contributed by atoms with Crippen LogP contribution in [0.25, 0.3) is 0 Å². The van der Waals surface area contributed by atoms with Crippen LogP contribution in [0.5, 0.6) is 0 Å². The molecule has 1 fully saturated rings. The van der Waals surface area contributed by atoms with Crippen molar-refractivity contribution >= 4 is 14.2 Å². The van der Waals surface area contributed by atoms with Gasteiger partial charge < -0.3 is 28.7 Å². The fraction of sp³-hybridized carbons (Fsp3) is 0.929. The van der Waals surface area contributed by atoms with Crippen molar-refractivity contribution < 1.29 is 28.2 Å². The highest BCUT2D eigenvalue weighted by molar-refractivity contribution is 6.69. The zero-order valence-corrected chi connectivity index (χ0v) is 15.5. The Kier molecular flexibility index (Phi) is 7.43. The molecule has 0 aromatic heterocycles. The molecule has 0 aromatic carbocycles. The average molecular weight is 335 g/mol. The van der Waals surface area contributed by atoms with Crippen LogP contribution in [0.4, 0.5) is 0 Å². The van der Waals surface area contributed by atoms with E-state index < -0.39 is 20.6 Å². The van der Waals surface area contributed by atoms with Gasteiger partial charge in [-0.15, -0.1) is 0 Å². The van der Waals surface area contributed by atoms with Gasteiger partial charge >= 0.3 is 0 Å². The predicted octanol–water partition coefficient (Wildman–Crippen LogP) is 0.744. The molecule has 22 heavy (non-hydrogen) atoms. The molecule has 1 aliphatic rings. The Morgan fingerprint density at radius 3 is 2.18 bits per heavy atom. The van der Waals surface area contributed by atoms with E-state index in [1.807, 2.05) is 0 Å². The van der Waals surface area contributed by atoms with Gasteiger partial charge in [-0.25, -0.2) is 0 Å². The molecule has 0 saturated carbocycles. The van der Waals surface area contributed by atoms with Gasteiger partial charge in [-0.05, 0) is 19.6 Å². The predicted molar refractivity (Wildman–Crippen MR) is 84.2 cm³/mol. The number of nitrogens with one attached hydrogen (secondary N) is 1. The summed E-state index contributed by atoms with van der Waals surface area (Å²) in [5.74, 6) is -0.167. The number of ether oxygens (including phenoxy) is 4. The van der Waals surface area contributed by atoms with Crippen LogP contribution in [0, 0.1) is 0 Å². The van der Waals surface area contributed by atoms with E-state index in [1.165, 1.54) is 6.92 Å². The van der Waals surface area contributed by atoms with E-state index in [0.717, 1.165) is 0 Å². The molecule has 0 radical (unpaired) electrons. The van der Waals surface area contributed by atoms with Crippen LogP contribution in [-0.4, -0.2) is 72.8 Å². The molecule has 7 nitrogen and oxygen atoms in total. The molecule has 5 atom stereocenters. The van der Waals surface area contributed by atoms with Gasteiger partial charge in [0.25, 0.3) is 0 Å². The van der Waals surface area contributed by atoms with Crippen molar-refractivity contribution in [2.45, 2.75) is 57.2 Å². The van der Waals surface area contributed by atoms with Gasteiger partial charge in [0.2, 0.25) is 5.91 Å². The largest absolute Gasteiger partial charge is 0.410 e. The second kappa shape index (κ2) is 8.37. The third-order valence-corrected chi connectivity index (χ3v) is 4.32. The minimum atomic E-state index is -1.87. The molecule has 0 bridgehead atoms. The Morgan fingerprint density at radius 2 is 1.77 bits per heavy atom. The summed E-state index contributed by atoms with van der Waals surface area (Å²) in [7, 11) is 2.88. The zero-order valence-electron chi connectivity index (χ0n) is 14.5. The topological polar surface area (TPSA) is 75.2 Å². The average Bonchev–Trinajstić information content (AvgIpc) is 2.39. The summed E-state index contributed by atoms with van der Waals surface area (Å²) in [6.07, 6.45) is -1.66. The van der Waals surface area contributed by atoms with Gasteiger partial charge in [0, 0.05) is 28.3 Å². The molecule has 1 aliphatic heterocycles. The van der Waals surface area contributed by atoms with Gasteiger partial charge in [-0.2, -0.15) is 0 Å². The van der Waals surface area contributed by atoms with Gasteiger partial charge in [0.05, 0.1) is 12.7 Å². The van der Waals surface area contributed by atoms with Crippen LogP contribution in [0.2, 0.25) is 19.6 Å². The molecule has 130 valence electrons. The maximum Gasteiger partial charge on any atom is 0.217 e. The summed E-state index contributed by atoms with van der Waals surface area (Å²) in [5.41, 5.74) is 0. The van der Waals surface area contributed by atoms with E-state index >= 15 is 0 Å². The Bertz CT molecular complexity index is 362. The van der Waals surface area contributed by atoms with Crippen molar-refractivity contribution in [1.82, 2.24) is 5.32 Å². The summed E-state index contributed by atoms with van der Waals surface area (Å²) < 4.78 is 28.4. The summed E-state index contributed by atoms with van der Waals surface area (Å²) in [5, 5.41) is 2.87. The smallest absolute Gasteiger partial charge is 0.217 e. The van der Waals surface area contributed by atoms with E-state index in [-0.39, 0.29) is 24.2 Å². The highest BCUT2D eigenvalue weighted by atomic mass is 28.4. The van der Waals surface area contributed by atoms with Gasteiger partial charge in [0.15, 0.2) is 14.6 Å². The molecule has 1 amide bonds. The van der Waals surface area contributed by atoms with Gasteiger partial charge in [0.1, 0.15) is 18.2 Å². The first kappa shape index (κ1) is 19.5. The van der Waals surface area contributed by atoms with Crippen molar-refractivity contribution in [1.29, 1.82) is 0 Å². The summed E-state index contributed by atoms with van der Waals surface area (Å²) in [6.45, 7) is 8.09. The molecule has 1 heterocycles. The number of carbonyl (C=O) groups is 1. The summed E-state index contributed by atoms with van der Waals surface area (Å²) in [6, 6.07) is -0.438. The molecule has 0 aromatic rings. The first-order valence-corrected chi connectivity index (χ1v) is 10.8. The number of amides is 1. The lowest BCUT2D eigenvalue weighted by molar-refractivity contribution is -0.265. The minimum absolute atomic E-state index is 0.167. The molecule has 8 heteroatoms. The number of hydrogen-bond donors (Lipinski definition) is 1. The standard InChI is InChI=1S/C14H29NO6Si/c1-9(16)15-11-13(21-22(5,6)7)12(18-3)10(8-17-2)20-14(11)19-4/h10-14H,8H2,1-7H3,(H,15,16)/t10-,11-,12+,13-,14+/m1/s1. The van der Waals surface area contributed by atoms with E-state index in [1.54, 1.807) is 21.3 Å². The van der Waals surface area contributed by atoms with Crippen LogP contribution in [0.1, 0.15) is 6.92 Å². The highest BCUT2D eigenvalue weighted by Gasteiger charge is 2.48. The fourth-order valence-corrected chi connectivity index (χ4v) is 3.72. The summed E-state index contributed by atoms with van der Waals surface area (Å²) in [4.78, 5) is 11.6. The highest BCUT2D eigenvalue weighted by Crippen LogP contribution is 2.28. The van der Waals surface area contributed by atoms with Crippen LogP contribution >= 0.6 is 0 Å². The number of rotatable bonds is 7. The molecule has 1 saturated heterocycles. The molecule has 0 spiro atoms. The normalized spacial score (nSPS) is 32.8. The van der Waals surface area contributed by atoms with Crippen LogP contribution < -0.4 is 5.32 Å². The van der Waals surface area contributed by atoms with Crippen LogP contribution in [0.3, 0.4) is 0 Å². The maximum absolute atomic E-state index is 11.6. The molecule has 1 rings (SSSR count). The van der Waals surface area contributed by atoms with Gasteiger partial charge in [-0.1, -0.05) is 0 Å². The van der Waals surface area contributed by atoms with Crippen molar-refractivity contribution in [3.8, 4) is 0 Å².